The normalized spacial score (nSPS) is 10.6. The van der Waals surface area contributed by atoms with E-state index < -0.39 is 4.92 Å². The molecule has 1 amide bonds. The lowest BCUT2D eigenvalue weighted by Crippen LogP contribution is -2.20. The van der Waals surface area contributed by atoms with Gasteiger partial charge >= 0.3 is 0 Å². The summed E-state index contributed by atoms with van der Waals surface area (Å²) >= 11 is 0. The van der Waals surface area contributed by atoms with Gasteiger partial charge in [0.15, 0.2) is 0 Å². The molecule has 0 atom stereocenters. The molecule has 0 aliphatic rings. The van der Waals surface area contributed by atoms with Gasteiger partial charge in [-0.3, -0.25) is 14.9 Å². The fourth-order valence-electron chi connectivity index (χ4n) is 1.81. The van der Waals surface area contributed by atoms with Crippen LogP contribution in [0.15, 0.2) is 54.6 Å². The van der Waals surface area contributed by atoms with Crippen molar-refractivity contribution in [3.63, 3.8) is 0 Å². The monoisotopic (exact) mass is 300 g/mol. The molecule has 0 saturated carbocycles. The summed E-state index contributed by atoms with van der Waals surface area (Å²) in [6.45, 7) is 0.204. The van der Waals surface area contributed by atoms with Crippen molar-refractivity contribution in [2.75, 3.05) is 0 Å². The van der Waals surface area contributed by atoms with E-state index in [1.807, 2.05) is 0 Å². The number of rotatable bonds is 5. The minimum atomic E-state index is -0.499. The van der Waals surface area contributed by atoms with E-state index >= 15 is 0 Å². The smallest absolute Gasteiger partial charge is 0.270 e. The number of halogens is 1. The van der Waals surface area contributed by atoms with Gasteiger partial charge in [-0.25, -0.2) is 4.39 Å². The molecular formula is C16H13FN2O3. The lowest BCUT2D eigenvalue weighted by atomic mass is 10.2. The Labute approximate surface area is 126 Å². The molecule has 0 aliphatic carbocycles. The van der Waals surface area contributed by atoms with E-state index in [0.717, 1.165) is 0 Å². The summed E-state index contributed by atoms with van der Waals surface area (Å²) in [5, 5.41) is 13.3. The van der Waals surface area contributed by atoms with Gasteiger partial charge in [0.05, 0.1) is 4.92 Å². The maximum atomic E-state index is 13.0. The number of nitrogens with one attached hydrogen (secondary N) is 1. The van der Waals surface area contributed by atoms with Gasteiger partial charge in [-0.05, 0) is 29.3 Å². The second-order valence-corrected chi connectivity index (χ2v) is 4.53. The Hall–Kier alpha value is -3.02. The van der Waals surface area contributed by atoms with E-state index in [-0.39, 0.29) is 24.0 Å². The van der Waals surface area contributed by atoms with Crippen LogP contribution in [0.3, 0.4) is 0 Å². The molecule has 1 N–H and O–H groups in total. The zero-order valence-corrected chi connectivity index (χ0v) is 11.5. The minimum Gasteiger partial charge on any atom is -0.348 e. The van der Waals surface area contributed by atoms with E-state index in [2.05, 4.69) is 5.32 Å². The van der Waals surface area contributed by atoms with E-state index in [9.17, 15) is 19.3 Å². The van der Waals surface area contributed by atoms with Crippen LogP contribution in [-0.2, 0) is 11.3 Å². The first-order valence-electron chi connectivity index (χ1n) is 6.49. The predicted molar refractivity (Wildman–Crippen MR) is 80.4 cm³/mol. The third-order valence-electron chi connectivity index (χ3n) is 2.86. The molecule has 0 saturated heterocycles. The molecule has 0 fully saturated rings. The predicted octanol–water partition coefficient (Wildman–Crippen LogP) is 3.06. The fraction of sp³-hybridized carbons (Fsp3) is 0.0625. The van der Waals surface area contributed by atoms with Crippen LogP contribution in [0.25, 0.3) is 6.08 Å². The number of benzene rings is 2. The van der Waals surface area contributed by atoms with Gasteiger partial charge in [-0.1, -0.05) is 24.3 Å². The Morgan fingerprint density at radius 1 is 1.23 bits per heavy atom. The van der Waals surface area contributed by atoms with Gasteiger partial charge in [0.2, 0.25) is 5.91 Å². The summed E-state index contributed by atoms with van der Waals surface area (Å²) in [4.78, 5) is 21.8. The summed E-state index contributed by atoms with van der Waals surface area (Å²) in [5.41, 5.74) is 1.16. The summed E-state index contributed by atoms with van der Waals surface area (Å²) < 4.78 is 13.0. The van der Waals surface area contributed by atoms with Crippen molar-refractivity contribution >= 4 is 17.7 Å². The molecule has 6 heteroatoms. The Morgan fingerprint density at radius 3 is 2.73 bits per heavy atom. The quantitative estimate of drug-likeness (QED) is 0.524. The van der Waals surface area contributed by atoms with Crippen LogP contribution in [0.2, 0.25) is 0 Å². The van der Waals surface area contributed by atoms with Gasteiger partial charge in [-0.2, -0.15) is 0 Å². The highest BCUT2D eigenvalue weighted by atomic mass is 19.1. The van der Waals surface area contributed by atoms with Crippen molar-refractivity contribution in [3.8, 4) is 0 Å². The Morgan fingerprint density at radius 2 is 2.00 bits per heavy atom. The van der Waals surface area contributed by atoms with Crippen LogP contribution >= 0.6 is 0 Å². The topological polar surface area (TPSA) is 72.2 Å². The number of nitro groups is 1. The molecule has 0 radical (unpaired) electrons. The van der Waals surface area contributed by atoms with Gasteiger partial charge in [0.25, 0.3) is 5.69 Å². The van der Waals surface area contributed by atoms with Crippen molar-refractivity contribution in [2.45, 2.75) is 6.54 Å². The molecule has 2 aromatic carbocycles. The molecule has 0 bridgehead atoms. The number of carbonyl (C=O) groups excluding carboxylic acids is 1. The van der Waals surface area contributed by atoms with Crippen LogP contribution in [-0.4, -0.2) is 10.8 Å². The maximum Gasteiger partial charge on any atom is 0.270 e. The number of amides is 1. The van der Waals surface area contributed by atoms with Crippen LogP contribution in [0.4, 0.5) is 10.1 Å². The Bertz CT molecular complexity index is 729. The molecule has 5 nitrogen and oxygen atoms in total. The lowest BCUT2D eigenvalue weighted by molar-refractivity contribution is -0.384. The molecule has 2 aromatic rings. The van der Waals surface area contributed by atoms with Crippen LogP contribution in [0, 0.1) is 15.9 Å². The number of non-ortho nitro benzene ring substituents is 1. The standard InChI is InChI=1S/C16H13FN2O3/c17-14-5-1-4-13(9-14)11-18-16(20)8-7-12-3-2-6-15(10-12)19(21)22/h1-10H,11H2,(H,18,20)/b8-7+. The first-order valence-corrected chi connectivity index (χ1v) is 6.49. The van der Waals surface area contributed by atoms with E-state index in [1.54, 1.807) is 24.3 Å². The van der Waals surface area contributed by atoms with Gasteiger partial charge < -0.3 is 5.32 Å². The highest BCUT2D eigenvalue weighted by Gasteiger charge is 2.04. The number of hydrogen-bond donors (Lipinski definition) is 1. The number of nitrogens with zero attached hydrogens (tertiary/aromatic N) is 1. The third-order valence-corrected chi connectivity index (χ3v) is 2.86. The van der Waals surface area contributed by atoms with Crippen LogP contribution < -0.4 is 5.32 Å². The summed E-state index contributed by atoms with van der Waals surface area (Å²) in [6, 6.07) is 11.9. The molecule has 112 valence electrons. The molecule has 2 rings (SSSR count). The van der Waals surface area contributed by atoms with Crippen molar-refractivity contribution in [1.29, 1.82) is 0 Å². The maximum absolute atomic E-state index is 13.0. The van der Waals surface area contributed by atoms with E-state index in [0.29, 0.717) is 11.1 Å². The molecule has 0 heterocycles. The van der Waals surface area contributed by atoms with E-state index in [4.69, 9.17) is 0 Å². The van der Waals surface area contributed by atoms with E-state index in [1.165, 1.54) is 36.4 Å². The molecule has 0 aromatic heterocycles. The average molecular weight is 300 g/mol. The largest absolute Gasteiger partial charge is 0.348 e. The highest BCUT2D eigenvalue weighted by molar-refractivity contribution is 5.91. The molecule has 22 heavy (non-hydrogen) atoms. The Kier molecular flexibility index (Phi) is 4.98. The fourth-order valence-corrected chi connectivity index (χ4v) is 1.81. The zero-order valence-electron chi connectivity index (χ0n) is 11.5. The van der Waals surface area contributed by atoms with Crippen molar-refractivity contribution in [1.82, 2.24) is 5.32 Å². The van der Waals surface area contributed by atoms with Crippen LogP contribution in [0.1, 0.15) is 11.1 Å². The molecule has 0 spiro atoms. The molecule has 0 unspecified atom stereocenters. The van der Waals surface area contributed by atoms with Crippen molar-refractivity contribution in [2.24, 2.45) is 0 Å². The number of carbonyl (C=O) groups is 1. The molecule has 0 aliphatic heterocycles. The SMILES string of the molecule is O=C(/C=C/c1cccc([N+](=O)[O-])c1)NCc1cccc(F)c1. The first kappa shape index (κ1) is 15.4. The summed E-state index contributed by atoms with van der Waals surface area (Å²) in [5.74, 6) is -0.727. The third kappa shape index (κ3) is 4.52. The number of hydrogen-bond acceptors (Lipinski definition) is 3. The summed E-state index contributed by atoms with van der Waals surface area (Å²) in [7, 11) is 0. The van der Waals surface area contributed by atoms with Crippen molar-refractivity contribution in [3.05, 3.63) is 81.7 Å². The lowest BCUT2D eigenvalue weighted by Gasteiger charge is -2.02. The van der Waals surface area contributed by atoms with Gasteiger partial charge in [-0.15, -0.1) is 0 Å². The summed E-state index contributed by atoms with van der Waals surface area (Å²) in [6.07, 6.45) is 2.76. The second kappa shape index (κ2) is 7.12. The zero-order chi connectivity index (χ0) is 15.9. The van der Waals surface area contributed by atoms with Gasteiger partial charge in [0, 0.05) is 24.8 Å². The van der Waals surface area contributed by atoms with Gasteiger partial charge in [0.1, 0.15) is 5.82 Å². The second-order valence-electron chi connectivity index (χ2n) is 4.53. The minimum absolute atomic E-state index is 0.0395. The number of nitro benzene ring substituents is 1. The molecular weight excluding hydrogens is 287 g/mol. The Balaban J connectivity index is 1.94. The first-order chi connectivity index (χ1) is 10.5. The van der Waals surface area contributed by atoms with Crippen molar-refractivity contribution < 1.29 is 14.1 Å². The van der Waals surface area contributed by atoms with Crippen LogP contribution in [0.5, 0.6) is 0 Å². The highest BCUT2D eigenvalue weighted by Crippen LogP contribution is 2.14. The average Bonchev–Trinajstić information content (AvgIpc) is 2.51.